The summed E-state index contributed by atoms with van der Waals surface area (Å²) >= 11 is 14.0. The van der Waals surface area contributed by atoms with Crippen molar-refractivity contribution in [2.75, 3.05) is 25.0 Å². The number of hydrogen-bond acceptors (Lipinski definition) is 8. The second-order valence-electron chi connectivity index (χ2n) is 5.63. The maximum Gasteiger partial charge on any atom is 3.00 e. The average molecular weight is 688 g/mol. The number of pyridine rings is 3. The van der Waals surface area contributed by atoms with Crippen molar-refractivity contribution in [3.8, 4) is 0 Å². The summed E-state index contributed by atoms with van der Waals surface area (Å²) in [4.78, 5) is 0. The number of rotatable bonds is 0. The van der Waals surface area contributed by atoms with E-state index in [1.165, 1.54) is 18.6 Å². The fourth-order valence-corrected chi connectivity index (χ4v) is 1.68. The van der Waals surface area contributed by atoms with Gasteiger partial charge in [0.2, 0.25) is 0 Å². The molecule has 3 rings (SSSR count). The molecule has 0 aliphatic carbocycles. The van der Waals surface area contributed by atoms with Crippen LogP contribution in [0.1, 0.15) is 0 Å². The van der Waals surface area contributed by atoms with Crippen molar-refractivity contribution < 1.29 is 64.4 Å². The van der Waals surface area contributed by atoms with Gasteiger partial charge in [0, 0.05) is 65.2 Å². The second kappa shape index (κ2) is 22.9. The van der Waals surface area contributed by atoms with E-state index in [1.54, 1.807) is 79.6 Å². The molecule has 14 heteroatoms. The third kappa shape index (κ3) is 25.6. The Labute approximate surface area is 246 Å². The van der Waals surface area contributed by atoms with Crippen LogP contribution in [0.25, 0.3) is 0 Å². The van der Waals surface area contributed by atoms with Crippen molar-refractivity contribution in [1.29, 1.82) is 0 Å². The first-order chi connectivity index (χ1) is 14.9. The van der Waals surface area contributed by atoms with E-state index >= 15 is 0 Å². The first kappa shape index (κ1) is 36.7. The summed E-state index contributed by atoms with van der Waals surface area (Å²) in [5.74, 6) is 0. The molecular formula is C19H27N3O5S5Sm+3. The monoisotopic (exact) mass is 689 g/mol. The van der Waals surface area contributed by atoms with E-state index in [0.717, 1.165) is 14.2 Å². The van der Waals surface area contributed by atoms with Crippen LogP contribution in [0.2, 0.25) is 0 Å². The van der Waals surface area contributed by atoms with E-state index in [0.29, 0.717) is 13.9 Å². The van der Waals surface area contributed by atoms with Gasteiger partial charge in [0.1, 0.15) is 13.9 Å². The normalized spacial score (nSPS) is 8.67. The number of hydrogen-bond donors (Lipinski definition) is 3. The molecule has 3 aromatic rings. The Morgan fingerprint density at radius 1 is 0.576 bits per heavy atom. The zero-order chi connectivity index (χ0) is 25.1. The minimum absolute atomic E-state index is 0. The van der Waals surface area contributed by atoms with Crippen molar-refractivity contribution in [1.82, 2.24) is 14.2 Å². The van der Waals surface area contributed by atoms with E-state index in [9.17, 15) is 8.42 Å². The maximum atomic E-state index is 9.56. The smallest absolute Gasteiger partial charge is 0.428 e. The molecule has 0 amide bonds. The van der Waals surface area contributed by atoms with Gasteiger partial charge in [-0.15, -0.1) is 0 Å². The summed E-state index contributed by atoms with van der Waals surface area (Å²) in [7, 11) is -1.22. The van der Waals surface area contributed by atoms with E-state index in [-0.39, 0.29) is 40.4 Å². The largest absolute Gasteiger partial charge is 3.00 e. The van der Waals surface area contributed by atoms with Gasteiger partial charge in [-0.25, -0.2) is 0 Å². The van der Waals surface area contributed by atoms with Crippen LogP contribution in [0.4, 0.5) is 0 Å². The molecule has 0 saturated heterocycles. The van der Waals surface area contributed by atoms with Crippen LogP contribution < -0.4 is 0 Å². The minimum Gasteiger partial charge on any atom is -0.428 e. The average Bonchev–Trinajstić information content (AvgIpc) is 2.69. The Morgan fingerprint density at radius 3 is 0.848 bits per heavy atom. The summed E-state index contributed by atoms with van der Waals surface area (Å²) in [6, 6.07) is 15.4. The molecule has 0 unspecified atom stereocenters. The fraction of sp³-hybridized carbons (Fsp3) is 0.211. The SMILES string of the molecule is CS(C)=O.CS(C)=O.On1ccccc1=S.On1ccccc1=S.On1ccccc1=S.[Sm+3]. The van der Waals surface area contributed by atoms with Crippen LogP contribution in [0, 0.1) is 54.3 Å². The Morgan fingerprint density at radius 2 is 0.758 bits per heavy atom. The van der Waals surface area contributed by atoms with Gasteiger partial charge in [-0.1, -0.05) is 54.9 Å². The van der Waals surface area contributed by atoms with Crippen molar-refractivity contribution in [3.63, 3.8) is 0 Å². The van der Waals surface area contributed by atoms with Crippen LogP contribution in [-0.4, -0.2) is 63.3 Å². The molecule has 0 aliphatic heterocycles. The Kier molecular flexibility index (Phi) is 25.5. The van der Waals surface area contributed by atoms with E-state index < -0.39 is 21.6 Å². The summed E-state index contributed by atoms with van der Waals surface area (Å²) in [6.45, 7) is 0. The molecule has 3 N–H and O–H groups in total. The van der Waals surface area contributed by atoms with Gasteiger partial charge in [0.25, 0.3) is 0 Å². The molecule has 3 aromatic heterocycles. The van der Waals surface area contributed by atoms with Gasteiger partial charge >= 0.3 is 40.4 Å². The van der Waals surface area contributed by atoms with Crippen LogP contribution in [0.5, 0.6) is 0 Å². The molecule has 0 aliphatic rings. The zero-order valence-corrected chi connectivity index (χ0v) is 25.1. The van der Waals surface area contributed by atoms with Crippen LogP contribution >= 0.6 is 36.7 Å². The molecule has 0 bridgehead atoms. The third-order valence-electron chi connectivity index (χ3n) is 2.41. The van der Waals surface area contributed by atoms with Crippen LogP contribution in [0.3, 0.4) is 0 Å². The van der Waals surface area contributed by atoms with Crippen LogP contribution in [-0.2, 0) is 21.6 Å². The second-order valence-corrected chi connectivity index (χ2v) is 9.85. The predicted octanol–water partition coefficient (Wildman–Crippen LogP) is 4.35. The van der Waals surface area contributed by atoms with Crippen molar-refractivity contribution in [2.45, 2.75) is 0 Å². The molecule has 0 fully saturated rings. The number of nitrogens with zero attached hydrogens (tertiary/aromatic N) is 3. The summed E-state index contributed by atoms with van der Waals surface area (Å²) in [5.41, 5.74) is 0. The quantitative estimate of drug-likeness (QED) is 0.237. The van der Waals surface area contributed by atoms with Gasteiger partial charge in [0.15, 0.2) is 0 Å². The van der Waals surface area contributed by atoms with Gasteiger partial charge in [-0.2, -0.15) is 14.2 Å². The Hall–Kier alpha value is -0.852. The first-order valence-corrected chi connectivity index (χ1v) is 13.6. The molecule has 0 atom stereocenters. The molecule has 0 saturated carbocycles. The summed E-state index contributed by atoms with van der Waals surface area (Å²) in [5, 5.41) is 26.2. The summed E-state index contributed by atoms with van der Waals surface area (Å²) in [6.07, 6.45) is 11.0. The van der Waals surface area contributed by atoms with Gasteiger partial charge in [-0.05, 0) is 36.4 Å². The molecular weight excluding hydrogens is 661 g/mol. The topological polar surface area (TPSA) is 110 Å². The third-order valence-corrected chi connectivity index (χ3v) is 3.38. The molecule has 0 aromatic carbocycles. The van der Waals surface area contributed by atoms with Crippen LogP contribution in [0.15, 0.2) is 73.2 Å². The van der Waals surface area contributed by atoms with Crippen molar-refractivity contribution in [3.05, 3.63) is 87.1 Å². The van der Waals surface area contributed by atoms with E-state index in [2.05, 4.69) is 36.7 Å². The molecule has 33 heavy (non-hydrogen) atoms. The minimum atomic E-state index is -0.611. The molecule has 3 heterocycles. The Bertz CT molecular complexity index is 992. The zero-order valence-electron chi connectivity index (χ0n) is 18.4. The maximum absolute atomic E-state index is 9.56. The molecule has 0 spiro atoms. The number of aromatic nitrogens is 3. The molecule has 8 nitrogen and oxygen atoms in total. The fourth-order valence-electron chi connectivity index (χ4n) is 1.26. The van der Waals surface area contributed by atoms with Crippen molar-refractivity contribution in [2.24, 2.45) is 0 Å². The van der Waals surface area contributed by atoms with Gasteiger partial charge in [0.05, 0.1) is 0 Å². The van der Waals surface area contributed by atoms with E-state index in [4.69, 9.17) is 15.6 Å². The van der Waals surface area contributed by atoms with Gasteiger partial charge < -0.3 is 15.6 Å². The molecule has 181 valence electrons. The predicted molar refractivity (Wildman–Crippen MR) is 137 cm³/mol. The molecule has 1 radical (unpaired) electrons. The summed E-state index contributed by atoms with van der Waals surface area (Å²) < 4.78 is 23.1. The van der Waals surface area contributed by atoms with Crippen molar-refractivity contribution >= 4 is 58.3 Å². The standard InChI is InChI=1S/3C5H5NOS.2C2H6OS.Sm/c3*7-6-4-2-1-3-5(6)8;2*1-4(2)3;/h3*1-4,7H;2*1-2H3;/q;;;;;+3. The first-order valence-electron chi connectivity index (χ1n) is 8.49. The van der Waals surface area contributed by atoms with E-state index in [1.807, 2.05) is 0 Å². The Balaban J connectivity index is -0.000000350. The van der Waals surface area contributed by atoms with Gasteiger partial charge in [-0.3, -0.25) is 8.42 Å².